The lowest BCUT2D eigenvalue weighted by molar-refractivity contribution is 0.385. The molecule has 0 amide bonds. The number of aromatic nitrogens is 2. The zero-order valence-corrected chi connectivity index (χ0v) is 15.0. The lowest BCUT2D eigenvalue weighted by atomic mass is 10.1. The highest BCUT2D eigenvalue weighted by atomic mass is 35.5. The molecule has 4 rings (SSSR count). The molecule has 0 aliphatic carbocycles. The van der Waals surface area contributed by atoms with Gasteiger partial charge in [0.05, 0.1) is 16.2 Å². The van der Waals surface area contributed by atoms with Gasteiger partial charge in [0.25, 0.3) is 5.56 Å². The molecule has 0 spiro atoms. The third kappa shape index (κ3) is 2.80. The molecule has 3 heterocycles. The van der Waals surface area contributed by atoms with E-state index in [1.165, 1.54) is 40.7 Å². The molecular formula is C17H13ClFN3O3S. The standard InChI is InChI=1S/C17H13ClFN3O3S/c18-11-1-4-13(5-2-11)26(24,25)21-8-7-15-14(10-21)17(23)22-9-12(19)3-6-16(22)20-15/h1-6,9H,7-8,10H2. The fourth-order valence-corrected chi connectivity index (χ4v) is 4.54. The second-order valence-electron chi connectivity index (χ2n) is 5.96. The molecule has 9 heteroatoms. The molecule has 1 aliphatic heterocycles. The molecule has 0 unspecified atom stereocenters. The highest BCUT2D eigenvalue weighted by Crippen LogP contribution is 2.24. The van der Waals surface area contributed by atoms with E-state index >= 15 is 0 Å². The number of hydrogen-bond donors (Lipinski definition) is 0. The Balaban J connectivity index is 1.78. The summed E-state index contributed by atoms with van der Waals surface area (Å²) in [6, 6.07) is 8.50. The Labute approximate surface area is 153 Å². The predicted octanol–water partition coefficient (Wildman–Crippen LogP) is 2.23. The Hall–Kier alpha value is -2.29. The highest BCUT2D eigenvalue weighted by Gasteiger charge is 2.30. The Morgan fingerprint density at radius 1 is 1.12 bits per heavy atom. The topological polar surface area (TPSA) is 71.8 Å². The second-order valence-corrected chi connectivity index (χ2v) is 8.33. The lowest BCUT2D eigenvalue weighted by Crippen LogP contribution is -2.40. The third-order valence-electron chi connectivity index (χ3n) is 4.35. The van der Waals surface area contributed by atoms with E-state index in [0.29, 0.717) is 22.8 Å². The molecule has 0 bridgehead atoms. The minimum Gasteiger partial charge on any atom is -0.269 e. The van der Waals surface area contributed by atoms with Gasteiger partial charge in [0.1, 0.15) is 11.5 Å². The Kier molecular flexibility index (Phi) is 4.06. The average Bonchev–Trinajstić information content (AvgIpc) is 2.63. The van der Waals surface area contributed by atoms with Crippen molar-refractivity contribution in [3.63, 3.8) is 0 Å². The second kappa shape index (κ2) is 6.15. The maximum Gasteiger partial charge on any atom is 0.262 e. The van der Waals surface area contributed by atoms with E-state index in [2.05, 4.69) is 4.98 Å². The zero-order chi connectivity index (χ0) is 18.5. The molecule has 1 aromatic carbocycles. The van der Waals surface area contributed by atoms with Gasteiger partial charge in [0.2, 0.25) is 10.0 Å². The fraction of sp³-hybridized carbons (Fsp3) is 0.176. The highest BCUT2D eigenvalue weighted by molar-refractivity contribution is 7.89. The van der Waals surface area contributed by atoms with Gasteiger partial charge in [-0.15, -0.1) is 0 Å². The monoisotopic (exact) mass is 393 g/mol. The van der Waals surface area contributed by atoms with Crippen LogP contribution in [0.15, 0.2) is 52.3 Å². The third-order valence-corrected chi connectivity index (χ3v) is 6.46. The van der Waals surface area contributed by atoms with Crippen molar-refractivity contribution in [3.8, 4) is 0 Å². The molecule has 0 N–H and O–H groups in total. The van der Waals surface area contributed by atoms with Crippen LogP contribution >= 0.6 is 11.6 Å². The quantitative estimate of drug-likeness (QED) is 0.669. The molecule has 26 heavy (non-hydrogen) atoms. The van der Waals surface area contributed by atoms with Crippen molar-refractivity contribution in [1.82, 2.24) is 13.7 Å². The summed E-state index contributed by atoms with van der Waals surface area (Å²) in [6.07, 6.45) is 1.36. The van der Waals surface area contributed by atoms with Crippen LogP contribution in [0.3, 0.4) is 0 Å². The van der Waals surface area contributed by atoms with Crippen molar-refractivity contribution in [3.05, 3.63) is 75.0 Å². The summed E-state index contributed by atoms with van der Waals surface area (Å²) in [4.78, 5) is 17.2. The van der Waals surface area contributed by atoms with E-state index in [4.69, 9.17) is 11.6 Å². The van der Waals surface area contributed by atoms with Gasteiger partial charge < -0.3 is 0 Å². The van der Waals surface area contributed by atoms with Crippen molar-refractivity contribution < 1.29 is 12.8 Å². The summed E-state index contributed by atoms with van der Waals surface area (Å²) < 4.78 is 41.5. The number of nitrogens with zero attached hydrogens (tertiary/aromatic N) is 3. The first-order valence-corrected chi connectivity index (χ1v) is 9.63. The van der Waals surface area contributed by atoms with Crippen molar-refractivity contribution in [2.24, 2.45) is 0 Å². The molecule has 1 aliphatic rings. The van der Waals surface area contributed by atoms with E-state index in [9.17, 15) is 17.6 Å². The van der Waals surface area contributed by atoms with E-state index in [1.54, 1.807) is 0 Å². The SMILES string of the molecule is O=c1c2c(nc3ccc(F)cn13)CCN(S(=O)(=O)c1ccc(Cl)cc1)C2. The molecule has 0 fully saturated rings. The lowest BCUT2D eigenvalue weighted by Gasteiger charge is -2.27. The smallest absolute Gasteiger partial charge is 0.262 e. The van der Waals surface area contributed by atoms with Gasteiger partial charge in [-0.05, 0) is 36.4 Å². The van der Waals surface area contributed by atoms with Gasteiger partial charge in [-0.1, -0.05) is 11.6 Å². The first-order chi connectivity index (χ1) is 12.4. The molecule has 0 atom stereocenters. The largest absolute Gasteiger partial charge is 0.269 e. The summed E-state index contributed by atoms with van der Waals surface area (Å²) in [5.74, 6) is -0.567. The van der Waals surface area contributed by atoms with Crippen LogP contribution in [0.2, 0.25) is 5.02 Å². The number of hydrogen-bond acceptors (Lipinski definition) is 4. The summed E-state index contributed by atoms with van der Waals surface area (Å²) in [5.41, 5.74) is 0.686. The predicted molar refractivity (Wildman–Crippen MR) is 94.2 cm³/mol. The van der Waals surface area contributed by atoms with Gasteiger partial charge >= 0.3 is 0 Å². The van der Waals surface area contributed by atoms with E-state index in [0.717, 1.165) is 10.6 Å². The van der Waals surface area contributed by atoms with Gasteiger partial charge in [0.15, 0.2) is 0 Å². The number of halogens is 2. The van der Waals surface area contributed by atoms with Crippen molar-refractivity contribution in [1.29, 1.82) is 0 Å². The van der Waals surface area contributed by atoms with Gasteiger partial charge in [-0.3, -0.25) is 9.20 Å². The average molecular weight is 394 g/mol. The van der Waals surface area contributed by atoms with Crippen molar-refractivity contribution in [2.75, 3.05) is 6.54 Å². The maximum atomic E-state index is 13.5. The van der Waals surface area contributed by atoms with Crippen LogP contribution in [0.25, 0.3) is 5.65 Å². The van der Waals surface area contributed by atoms with Gasteiger partial charge in [-0.25, -0.2) is 17.8 Å². The van der Waals surface area contributed by atoms with Crippen molar-refractivity contribution >= 4 is 27.3 Å². The molecule has 134 valence electrons. The van der Waals surface area contributed by atoms with Crippen LogP contribution in [0.1, 0.15) is 11.3 Å². The summed E-state index contributed by atoms with van der Waals surface area (Å²) in [7, 11) is -3.78. The van der Waals surface area contributed by atoms with Crippen LogP contribution in [0, 0.1) is 5.82 Å². The van der Waals surface area contributed by atoms with E-state index in [1.807, 2.05) is 0 Å². The van der Waals surface area contributed by atoms with Gasteiger partial charge in [0, 0.05) is 30.7 Å². The van der Waals surface area contributed by atoms with Crippen LogP contribution in [-0.2, 0) is 23.0 Å². The van der Waals surface area contributed by atoms with E-state index in [-0.39, 0.29) is 23.5 Å². The molecule has 6 nitrogen and oxygen atoms in total. The van der Waals surface area contributed by atoms with E-state index < -0.39 is 21.4 Å². The normalized spacial score (nSPS) is 15.2. The molecular weight excluding hydrogens is 381 g/mol. The number of sulfonamides is 1. The zero-order valence-electron chi connectivity index (χ0n) is 13.4. The first kappa shape index (κ1) is 17.1. The summed E-state index contributed by atoms with van der Waals surface area (Å²) in [6.45, 7) is 0.105. The molecule has 3 aromatic rings. The van der Waals surface area contributed by atoms with Crippen LogP contribution < -0.4 is 5.56 Å². The number of rotatable bonds is 2. The Morgan fingerprint density at radius 2 is 1.85 bits per heavy atom. The van der Waals surface area contributed by atoms with Crippen LogP contribution in [0.5, 0.6) is 0 Å². The minimum absolute atomic E-state index is 0.102. The summed E-state index contributed by atoms with van der Waals surface area (Å²) in [5, 5.41) is 0.434. The molecule has 0 saturated carbocycles. The van der Waals surface area contributed by atoms with Crippen LogP contribution in [-0.4, -0.2) is 28.7 Å². The fourth-order valence-electron chi connectivity index (χ4n) is 3.01. The van der Waals surface area contributed by atoms with Gasteiger partial charge in [-0.2, -0.15) is 4.31 Å². The summed E-state index contributed by atoms with van der Waals surface area (Å²) >= 11 is 5.81. The minimum atomic E-state index is -3.78. The Morgan fingerprint density at radius 3 is 2.58 bits per heavy atom. The first-order valence-electron chi connectivity index (χ1n) is 7.82. The molecule has 0 radical (unpaired) electrons. The maximum absolute atomic E-state index is 13.5. The number of benzene rings is 1. The molecule has 2 aromatic heterocycles. The molecule has 0 saturated heterocycles. The Bertz CT molecular complexity index is 1180. The number of pyridine rings is 1. The van der Waals surface area contributed by atoms with Crippen molar-refractivity contribution in [2.45, 2.75) is 17.9 Å². The van der Waals surface area contributed by atoms with Crippen LogP contribution in [0.4, 0.5) is 4.39 Å². The number of fused-ring (bicyclic) bond motifs is 2.